The van der Waals surface area contributed by atoms with E-state index in [0.717, 1.165) is 18.5 Å². The lowest BCUT2D eigenvalue weighted by atomic mass is 9.88. The Bertz CT molecular complexity index is 569. The van der Waals surface area contributed by atoms with Crippen LogP contribution in [-0.2, 0) is 6.42 Å². The molecule has 2 aromatic rings. The molecule has 1 N–H and O–H groups in total. The molecule has 1 aliphatic heterocycles. The summed E-state index contributed by atoms with van der Waals surface area (Å²) in [6.07, 6.45) is 4.72. The minimum absolute atomic E-state index is 0.351. The number of hydrogen-bond acceptors (Lipinski definition) is 2. The molecule has 3 rings (SSSR count). The summed E-state index contributed by atoms with van der Waals surface area (Å²) in [6, 6.07) is 8.65. The Kier molecular flexibility index (Phi) is 4.08. The summed E-state index contributed by atoms with van der Waals surface area (Å²) in [7, 11) is 0. The fourth-order valence-corrected chi connectivity index (χ4v) is 4.21. The zero-order valence-corrected chi connectivity index (χ0v) is 12.8. The normalized spacial score (nSPS) is 22.8. The summed E-state index contributed by atoms with van der Waals surface area (Å²) in [4.78, 5) is 0. The van der Waals surface area contributed by atoms with Gasteiger partial charge in [-0.25, -0.2) is 4.39 Å². The first-order valence-corrected chi connectivity index (χ1v) is 8.39. The molecule has 1 fully saturated rings. The maximum Gasteiger partial charge on any atom is 0.113 e. The van der Waals surface area contributed by atoms with Crippen LogP contribution in [0.5, 0.6) is 0 Å². The Morgan fingerprint density at radius 1 is 1.35 bits per heavy atom. The Hall–Kier alpha value is -0.930. The van der Waals surface area contributed by atoms with Gasteiger partial charge >= 0.3 is 0 Å². The predicted molar refractivity (Wildman–Crippen MR) is 85.3 cm³/mol. The first-order valence-electron chi connectivity index (χ1n) is 7.51. The van der Waals surface area contributed by atoms with Gasteiger partial charge in [0.2, 0.25) is 0 Å². The summed E-state index contributed by atoms with van der Waals surface area (Å²) < 4.78 is 16.2. The van der Waals surface area contributed by atoms with Gasteiger partial charge in [-0.2, -0.15) is 0 Å². The van der Waals surface area contributed by atoms with Gasteiger partial charge in [-0.15, -0.1) is 11.3 Å². The van der Waals surface area contributed by atoms with Crippen molar-refractivity contribution in [2.45, 2.75) is 50.7 Å². The van der Waals surface area contributed by atoms with E-state index in [9.17, 15) is 4.39 Å². The van der Waals surface area contributed by atoms with E-state index in [1.54, 1.807) is 18.3 Å². The van der Waals surface area contributed by atoms with Gasteiger partial charge < -0.3 is 5.32 Å². The van der Waals surface area contributed by atoms with Gasteiger partial charge in [0.05, 0.1) is 0 Å². The van der Waals surface area contributed by atoms with E-state index >= 15 is 0 Å². The van der Waals surface area contributed by atoms with Gasteiger partial charge in [-0.1, -0.05) is 24.6 Å². The molecule has 108 valence electrons. The highest BCUT2D eigenvalue weighted by Crippen LogP contribution is 2.32. The van der Waals surface area contributed by atoms with Gasteiger partial charge in [0.15, 0.2) is 0 Å². The van der Waals surface area contributed by atoms with E-state index in [1.807, 2.05) is 12.1 Å². The van der Waals surface area contributed by atoms with Crippen LogP contribution in [-0.4, -0.2) is 18.3 Å². The van der Waals surface area contributed by atoms with Crippen LogP contribution in [0.3, 0.4) is 0 Å². The van der Waals surface area contributed by atoms with E-state index in [0.29, 0.717) is 18.9 Å². The lowest BCUT2D eigenvalue weighted by Gasteiger charge is -2.30. The maximum atomic E-state index is 14.9. The smallest absolute Gasteiger partial charge is 0.113 e. The van der Waals surface area contributed by atoms with Crippen LogP contribution >= 0.6 is 11.3 Å². The summed E-state index contributed by atoms with van der Waals surface area (Å²) in [5, 5.41) is 6.80. The first kappa shape index (κ1) is 14.0. The predicted octanol–water partition coefficient (Wildman–Crippen LogP) is 4.70. The molecule has 20 heavy (non-hydrogen) atoms. The molecule has 0 saturated carbocycles. The topological polar surface area (TPSA) is 12.0 Å². The number of rotatable bonds is 4. The third-order valence-electron chi connectivity index (χ3n) is 4.20. The molecule has 3 heteroatoms. The highest BCUT2D eigenvalue weighted by Gasteiger charge is 2.29. The molecular weight excluding hydrogens is 269 g/mol. The number of fused-ring (bicyclic) bond motifs is 1. The molecular formula is C17H22FNS. The van der Waals surface area contributed by atoms with Crippen molar-refractivity contribution in [2.24, 2.45) is 0 Å². The van der Waals surface area contributed by atoms with Gasteiger partial charge in [-0.3, -0.25) is 0 Å². The lowest BCUT2D eigenvalue weighted by Crippen LogP contribution is -2.40. The van der Waals surface area contributed by atoms with Crippen LogP contribution in [0.4, 0.5) is 4.39 Å². The average molecular weight is 291 g/mol. The molecule has 0 amide bonds. The number of halogens is 1. The van der Waals surface area contributed by atoms with E-state index in [-0.39, 0.29) is 0 Å². The van der Waals surface area contributed by atoms with Crippen LogP contribution in [0.1, 0.15) is 38.2 Å². The second-order valence-corrected chi connectivity index (χ2v) is 7.11. The summed E-state index contributed by atoms with van der Waals surface area (Å²) in [6.45, 7) is 2.80. The first-order chi connectivity index (χ1) is 9.64. The van der Waals surface area contributed by atoms with Crippen molar-refractivity contribution in [3.8, 4) is 0 Å². The van der Waals surface area contributed by atoms with Gasteiger partial charge in [0, 0.05) is 17.2 Å². The van der Waals surface area contributed by atoms with Crippen molar-refractivity contribution in [1.29, 1.82) is 0 Å². The van der Waals surface area contributed by atoms with Crippen molar-refractivity contribution in [3.63, 3.8) is 0 Å². The average Bonchev–Trinajstić information content (AvgIpc) is 2.82. The van der Waals surface area contributed by atoms with Crippen LogP contribution in [0, 0.1) is 0 Å². The second-order valence-electron chi connectivity index (χ2n) is 6.20. The number of alkyl halides is 1. The molecule has 1 nitrogen and oxygen atoms in total. The number of hydrogen-bond donors (Lipinski definition) is 1. The van der Waals surface area contributed by atoms with E-state index in [4.69, 9.17) is 0 Å². The monoisotopic (exact) mass is 291 g/mol. The molecule has 0 bridgehead atoms. The number of piperidine rings is 1. The fraction of sp³-hybridized carbons (Fsp3) is 0.529. The molecule has 2 unspecified atom stereocenters. The Labute approximate surface area is 124 Å². The molecule has 1 aromatic heterocycles. The van der Waals surface area contributed by atoms with E-state index in [2.05, 4.69) is 22.8 Å². The van der Waals surface area contributed by atoms with E-state index < -0.39 is 5.67 Å². The van der Waals surface area contributed by atoms with Crippen molar-refractivity contribution in [2.75, 3.05) is 6.54 Å². The summed E-state index contributed by atoms with van der Waals surface area (Å²) in [5.41, 5.74) is 0.0326. The van der Waals surface area contributed by atoms with Crippen molar-refractivity contribution in [1.82, 2.24) is 5.32 Å². The van der Waals surface area contributed by atoms with Crippen LogP contribution in [0.25, 0.3) is 10.1 Å². The maximum absolute atomic E-state index is 14.9. The van der Waals surface area contributed by atoms with Gasteiger partial charge in [0.1, 0.15) is 5.67 Å². The van der Waals surface area contributed by atoms with Crippen LogP contribution < -0.4 is 5.32 Å². The van der Waals surface area contributed by atoms with Crippen molar-refractivity contribution in [3.05, 3.63) is 35.2 Å². The number of benzene rings is 1. The SMILES string of the molecule is CC(F)(Cc1csc2ccccc12)CC1CCCCN1. The molecule has 1 saturated heterocycles. The highest BCUT2D eigenvalue weighted by atomic mass is 32.1. The minimum Gasteiger partial charge on any atom is -0.314 e. The lowest BCUT2D eigenvalue weighted by molar-refractivity contribution is 0.146. The Morgan fingerprint density at radius 2 is 2.20 bits per heavy atom. The van der Waals surface area contributed by atoms with Crippen molar-refractivity contribution < 1.29 is 4.39 Å². The summed E-state index contributed by atoms with van der Waals surface area (Å²) in [5.74, 6) is 0. The summed E-state index contributed by atoms with van der Waals surface area (Å²) >= 11 is 1.72. The molecule has 0 radical (unpaired) electrons. The third-order valence-corrected chi connectivity index (χ3v) is 5.22. The molecule has 2 atom stereocenters. The molecule has 0 aliphatic carbocycles. The fourth-order valence-electron chi connectivity index (χ4n) is 3.25. The quantitative estimate of drug-likeness (QED) is 0.860. The number of nitrogens with one attached hydrogen (secondary N) is 1. The van der Waals surface area contributed by atoms with Crippen LogP contribution in [0.15, 0.2) is 29.6 Å². The zero-order valence-electron chi connectivity index (χ0n) is 12.0. The molecule has 0 spiro atoms. The number of thiophene rings is 1. The largest absolute Gasteiger partial charge is 0.314 e. The molecule has 1 aromatic carbocycles. The standard InChI is InChI=1S/C17H22FNS/c1-17(18,11-14-6-4-5-9-19-14)10-13-12-20-16-8-3-2-7-15(13)16/h2-3,7-8,12,14,19H,4-6,9-11H2,1H3. The zero-order chi connectivity index (χ0) is 14.0. The Morgan fingerprint density at radius 3 is 3.00 bits per heavy atom. The van der Waals surface area contributed by atoms with Crippen molar-refractivity contribution >= 4 is 21.4 Å². The van der Waals surface area contributed by atoms with Gasteiger partial charge in [0.25, 0.3) is 0 Å². The van der Waals surface area contributed by atoms with Crippen LogP contribution in [0.2, 0.25) is 0 Å². The minimum atomic E-state index is -1.13. The molecule has 2 heterocycles. The van der Waals surface area contributed by atoms with Gasteiger partial charge in [-0.05, 0) is 55.1 Å². The Balaban J connectivity index is 1.71. The highest BCUT2D eigenvalue weighted by molar-refractivity contribution is 7.17. The third kappa shape index (κ3) is 3.21. The van der Waals surface area contributed by atoms with E-state index in [1.165, 1.54) is 22.9 Å². The molecule has 1 aliphatic rings. The second kappa shape index (κ2) is 5.82.